The maximum absolute atomic E-state index is 10.6. The molecule has 0 bridgehead atoms. The van der Waals surface area contributed by atoms with E-state index >= 15 is 0 Å². The van der Waals surface area contributed by atoms with Crippen molar-refractivity contribution in [2.75, 3.05) is 0 Å². The Bertz CT molecular complexity index is 839. The van der Waals surface area contributed by atoms with Crippen molar-refractivity contribution in [3.05, 3.63) is 68.8 Å². The minimum Gasteiger partial charge on any atom is -0.258 e. The summed E-state index contributed by atoms with van der Waals surface area (Å²) in [5.74, 6) is 0. The van der Waals surface area contributed by atoms with E-state index in [0.717, 1.165) is 9.79 Å². The van der Waals surface area contributed by atoms with Gasteiger partial charge in [0.25, 0.3) is 11.4 Å². The Morgan fingerprint density at radius 1 is 0.800 bits per heavy atom. The van der Waals surface area contributed by atoms with Gasteiger partial charge in [-0.2, -0.15) is 4.37 Å². The van der Waals surface area contributed by atoms with Gasteiger partial charge < -0.3 is 0 Å². The van der Waals surface area contributed by atoms with Crippen molar-refractivity contribution in [3.8, 4) is 0 Å². The van der Waals surface area contributed by atoms with Gasteiger partial charge >= 0.3 is 0 Å². The van der Waals surface area contributed by atoms with Crippen LogP contribution in [0.2, 0.25) is 0 Å². The van der Waals surface area contributed by atoms with E-state index in [2.05, 4.69) is 9.36 Å². The molecule has 1 aromatic heterocycles. The van der Waals surface area contributed by atoms with Crippen LogP contribution in [0.15, 0.2) is 67.8 Å². The third-order valence-corrected chi connectivity index (χ3v) is 5.65. The highest BCUT2D eigenvalue weighted by Gasteiger charge is 2.11. The molecule has 8 nitrogen and oxygen atoms in total. The Balaban J connectivity index is 1.65. The second-order valence-electron chi connectivity index (χ2n) is 4.55. The van der Waals surface area contributed by atoms with Gasteiger partial charge in [0.2, 0.25) is 5.16 Å². The number of aromatic nitrogens is 2. The summed E-state index contributed by atoms with van der Waals surface area (Å²) in [5.41, 5.74) is 0.0704. The molecule has 0 aliphatic carbocycles. The molecule has 2 aromatic carbocycles. The molecule has 1 heterocycles. The number of hydrogen-bond donors (Lipinski definition) is 0. The third-order valence-electron chi connectivity index (χ3n) is 2.90. The van der Waals surface area contributed by atoms with Crippen LogP contribution in [0, 0.1) is 20.2 Å². The third kappa shape index (κ3) is 4.53. The molecule has 0 radical (unpaired) electrons. The molecule has 0 unspecified atom stereocenters. The van der Waals surface area contributed by atoms with Crippen LogP contribution < -0.4 is 0 Å². The number of nitro groups is 2. The van der Waals surface area contributed by atoms with Crippen LogP contribution in [0.1, 0.15) is 0 Å². The Kier molecular flexibility index (Phi) is 5.26. The zero-order chi connectivity index (χ0) is 17.8. The molecule has 0 fully saturated rings. The predicted molar refractivity (Wildman–Crippen MR) is 94.3 cm³/mol. The maximum atomic E-state index is 10.6. The van der Waals surface area contributed by atoms with Gasteiger partial charge in [-0.05, 0) is 47.6 Å². The van der Waals surface area contributed by atoms with Crippen molar-refractivity contribution in [1.29, 1.82) is 0 Å². The van der Waals surface area contributed by atoms with Gasteiger partial charge in [-0.15, -0.1) is 0 Å². The van der Waals surface area contributed by atoms with Crippen molar-refractivity contribution in [3.63, 3.8) is 0 Å². The molecule has 3 rings (SSSR count). The van der Waals surface area contributed by atoms with E-state index in [4.69, 9.17) is 0 Å². The Morgan fingerprint density at radius 2 is 1.28 bits per heavy atom. The van der Waals surface area contributed by atoms with Gasteiger partial charge in [-0.25, -0.2) is 4.98 Å². The van der Waals surface area contributed by atoms with Gasteiger partial charge in [0.1, 0.15) is 0 Å². The van der Waals surface area contributed by atoms with Gasteiger partial charge in [0.15, 0.2) is 4.34 Å². The first kappa shape index (κ1) is 17.3. The highest BCUT2D eigenvalue weighted by molar-refractivity contribution is 8.01. The topological polar surface area (TPSA) is 112 Å². The Hall–Kier alpha value is -2.50. The molecule has 0 saturated heterocycles. The first-order valence-corrected chi connectivity index (χ1v) is 9.10. The van der Waals surface area contributed by atoms with E-state index in [1.54, 1.807) is 24.3 Å². The fourth-order valence-corrected chi connectivity index (χ4v) is 4.23. The molecule has 11 heteroatoms. The van der Waals surface area contributed by atoms with Crippen LogP contribution in [-0.2, 0) is 0 Å². The van der Waals surface area contributed by atoms with Crippen LogP contribution in [0.25, 0.3) is 0 Å². The van der Waals surface area contributed by atoms with Crippen molar-refractivity contribution >= 4 is 46.4 Å². The van der Waals surface area contributed by atoms with Gasteiger partial charge in [0, 0.05) is 34.1 Å². The Labute approximate surface area is 153 Å². The van der Waals surface area contributed by atoms with Gasteiger partial charge in [-0.3, -0.25) is 20.2 Å². The molecule has 0 N–H and O–H groups in total. The lowest BCUT2D eigenvalue weighted by Crippen LogP contribution is -1.86. The van der Waals surface area contributed by atoms with E-state index in [1.165, 1.54) is 59.3 Å². The van der Waals surface area contributed by atoms with Crippen LogP contribution in [0.3, 0.4) is 0 Å². The predicted octanol–water partition coefficient (Wildman–Crippen LogP) is 4.66. The lowest BCUT2D eigenvalue weighted by molar-refractivity contribution is -0.385. The first-order valence-electron chi connectivity index (χ1n) is 6.69. The second-order valence-corrected chi connectivity index (χ2v) is 7.66. The summed E-state index contributed by atoms with van der Waals surface area (Å²) in [4.78, 5) is 26.4. The maximum Gasteiger partial charge on any atom is 0.269 e. The molecule has 0 aliphatic rings. The standard InChI is InChI=1S/C14H8N4O4S3/c19-17(20)9-1-5-11(6-2-9)23-13-15-14(25-16-13)24-12-7-3-10(4-8-12)18(21)22/h1-8H. The SMILES string of the molecule is O=[N+]([O-])c1ccc(Sc2nsc(Sc3ccc([N+](=O)[O-])cc3)n2)cc1. The summed E-state index contributed by atoms with van der Waals surface area (Å²) in [6, 6.07) is 12.4. The quantitative estimate of drug-likeness (QED) is 0.440. The molecule has 3 aromatic rings. The summed E-state index contributed by atoms with van der Waals surface area (Å²) in [6.07, 6.45) is 0. The number of nitrogens with zero attached hydrogens (tertiary/aromatic N) is 4. The number of non-ortho nitro benzene ring substituents is 2. The van der Waals surface area contributed by atoms with E-state index in [1.807, 2.05) is 0 Å². The van der Waals surface area contributed by atoms with Crippen molar-refractivity contribution in [2.45, 2.75) is 19.3 Å². The minimum absolute atomic E-state index is 0.0324. The van der Waals surface area contributed by atoms with E-state index in [0.29, 0.717) is 9.50 Å². The number of rotatable bonds is 6. The number of hydrogen-bond acceptors (Lipinski definition) is 9. The summed E-state index contributed by atoms with van der Waals surface area (Å²) < 4.78 is 4.95. The summed E-state index contributed by atoms with van der Waals surface area (Å²) in [7, 11) is 0. The molecule has 126 valence electrons. The molecule has 0 aliphatic heterocycles. The lowest BCUT2D eigenvalue weighted by Gasteiger charge is -1.97. The fourth-order valence-electron chi connectivity index (χ4n) is 1.76. The lowest BCUT2D eigenvalue weighted by atomic mass is 10.3. The van der Waals surface area contributed by atoms with Gasteiger partial charge in [-0.1, -0.05) is 11.8 Å². The van der Waals surface area contributed by atoms with Crippen LogP contribution >= 0.6 is 35.1 Å². The summed E-state index contributed by atoms with van der Waals surface area (Å²) in [6.45, 7) is 0. The average molecular weight is 392 g/mol. The highest BCUT2D eigenvalue weighted by atomic mass is 32.2. The number of benzene rings is 2. The highest BCUT2D eigenvalue weighted by Crippen LogP contribution is 2.34. The first-order chi connectivity index (χ1) is 12.0. The average Bonchev–Trinajstić information content (AvgIpc) is 3.02. The van der Waals surface area contributed by atoms with E-state index in [9.17, 15) is 20.2 Å². The molecular formula is C14H8N4O4S3. The van der Waals surface area contributed by atoms with Crippen molar-refractivity contribution in [1.82, 2.24) is 9.36 Å². The van der Waals surface area contributed by atoms with E-state index < -0.39 is 9.85 Å². The minimum atomic E-state index is -0.450. The molecular weight excluding hydrogens is 384 g/mol. The monoisotopic (exact) mass is 392 g/mol. The van der Waals surface area contributed by atoms with Crippen LogP contribution in [0.5, 0.6) is 0 Å². The number of nitro benzene ring substituents is 2. The second kappa shape index (κ2) is 7.59. The molecule has 0 saturated carbocycles. The zero-order valence-electron chi connectivity index (χ0n) is 12.3. The molecule has 0 atom stereocenters. The summed E-state index contributed by atoms with van der Waals surface area (Å²) >= 11 is 3.90. The fraction of sp³-hybridized carbons (Fsp3) is 0. The summed E-state index contributed by atoms with van der Waals surface area (Å²) in [5, 5.41) is 21.8. The van der Waals surface area contributed by atoms with E-state index in [-0.39, 0.29) is 11.4 Å². The van der Waals surface area contributed by atoms with Crippen molar-refractivity contribution in [2.24, 2.45) is 0 Å². The van der Waals surface area contributed by atoms with Crippen molar-refractivity contribution < 1.29 is 9.85 Å². The molecule has 0 amide bonds. The van der Waals surface area contributed by atoms with Crippen LogP contribution in [0.4, 0.5) is 11.4 Å². The molecule has 25 heavy (non-hydrogen) atoms. The Morgan fingerprint density at radius 3 is 1.76 bits per heavy atom. The van der Waals surface area contributed by atoms with Gasteiger partial charge in [0.05, 0.1) is 9.85 Å². The van der Waals surface area contributed by atoms with Crippen LogP contribution in [-0.4, -0.2) is 19.2 Å². The zero-order valence-corrected chi connectivity index (χ0v) is 14.7. The normalized spacial score (nSPS) is 10.6. The largest absolute Gasteiger partial charge is 0.269 e. The smallest absolute Gasteiger partial charge is 0.258 e. The molecule has 0 spiro atoms.